The van der Waals surface area contributed by atoms with Crippen LogP contribution < -0.4 is 0 Å². The molecule has 1 saturated heterocycles. The third-order valence-corrected chi connectivity index (χ3v) is 5.72. The quantitative estimate of drug-likeness (QED) is 0.802. The molecule has 0 bridgehead atoms. The van der Waals surface area contributed by atoms with Gasteiger partial charge in [0.25, 0.3) is 0 Å². The maximum Gasteiger partial charge on any atom is 0.307 e. The summed E-state index contributed by atoms with van der Waals surface area (Å²) < 4.78 is 35.7. The maximum atomic E-state index is 12.9. The first-order chi connectivity index (χ1) is 9.93. The number of likely N-dealkylation sites (tertiary alicyclic amines) is 1. The third-order valence-electron chi connectivity index (χ3n) is 3.51. The highest BCUT2D eigenvalue weighted by Crippen LogP contribution is 2.24. The van der Waals surface area contributed by atoms with Crippen molar-refractivity contribution in [2.24, 2.45) is 0 Å². The van der Waals surface area contributed by atoms with Crippen molar-refractivity contribution in [2.75, 3.05) is 13.1 Å². The second-order valence-electron chi connectivity index (χ2n) is 4.97. The monoisotopic (exact) mass is 328 g/mol. The van der Waals surface area contributed by atoms with E-state index in [4.69, 9.17) is 0 Å². The molecule has 1 aliphatic rings. The molecule has 3 rings (SSSR count). The molecule has 0 saturated carbocycles. The van der Waals surface area contributed by atoms with E-state index >= 15 is 0 Å². The second-order valence-corrected chi connectivity index (χ2v) is 7.70. The Morgan fingerprint density at radius 1 is 1.38 bits per heavy atom. The molecule has 8 heteroatoms. The van der Waals surface area contributed by atoms with Gasteiger partial charge in [-0.3, -0.25) is 4.79 Å². The van der Waals surface area contributed by atoms with E-state index < -0.39 is 15.5 Å². The number of thiazole rings is 1. The predicted octanol–water partition coefficient (Wildman–Crippen LogP) is 1.74. The van der Waals surface area contributed by atoms with E-state index in [1.807, 2.05) is 24.3 Å². The summed E-state index contributed by atoms with van der Waals surface area (Å²) in [6.07, 6.45) is 0.281. The summed E-state index contributed by atoms with van der Waals surface area (Å²) in [5, 5.41) is -0.337. The number of hydrogen-bond acceptors (Lipinski definition) is 5. The highest BCUT2D eigenvalue weighted by Gasteiger charge is 2.38. The van der Waals surface area contributed by atoms with Crippen LogP contribution in [0.1, 0.15) is 11.4 Å². The van der Waals surface area contributed by atoms with E-state index in [2.05, 4.69) is 4.98 Å². The molecule has 0 N–H and O–H groups in total. The Kier molecular flexibility index (Phi) is 3.66. The normalized spacial score (nSPS) is 19.6. The minimum absolute atomic E-state index is 0.0669. The molecule has 5 nitrogen and oxygen atoms in total. The largest absolute Gasteiger partial charge is 0.341 e. The van der Waals surface area contributed by atoms with E-state index in [9.17, 15) is 17.1 Å². The first-order valence-electron chi connectivity index (χ1n) is 6.49. The van der Waals surface area contributed by atoms with Gasteiger partial charge in [0, 0.05) is 25.9 Å². The molecule has 0 aliphatic carbocycles. The van der Waals surface area contributed by atoms with Crippen LogP contribution in [0.4, 0.5) is 3.89 Å². The predicted molar refractivity (Wildman–Crippen MR) is 78.3 cm³/mol. The molecule has 2 aromatic rings. The Morgan fingerprint density at radius 3 is 2.81 bits per heavy atom. The number of fused-ring (bicyclic) bond motifs is 1. The van der Waals surface area contributed by atoms with Gasteiger partial charge in [-0.15, -0.1) is 15.2 Å². The molecular weight excluding hydrogens is 315 g/mol. The van der Waals surface area contributed by atoms with E-state index in [-0.39, 0.29) is 18.9 Å². The minimum atomic E-state index is -4.65. The average molecular weight is 328 g/mol. The SMILES string of the molecule is O=C1CC(S(=O)(=O)F)CN1CCc1nc2ccccc2s1. The topological polar surface area (TPSA) is 67.3 Å². The molecule has 0 radical (unpaired) electrons. The van der Waals surface area contributed by atoms with Crippen LogP contribution >= 0.6 is 11.3 Å². The molecule has 0 spiro atoms. The standard InChI is InChI=1S/C13H13FN2O3S2/c14-21(18,19)9-7-13(17)16(8-9)6-5-12-15-10-3-1-2-4-11(10)20-12/h1-4,9H,5-8H2. The molecule has 112 valence electrons. The number of carbonyl (C=O) groups excluding carboxylic acids is 1. The van der Waals surface area contributed by atoms with Gasteiger partial charge in [-0.2, -0.15) is 8.42 Å². The lowest BCUT2D eigenvalue weighted by molar-refractivity contribution is -0.127. The molecule has 2 heterocycles. The van der Waals surface area contributed by atoms with Crippen molar-refractivity contribution >= 4 is 37.7 Å². The molecule has 21 heavy (non-hydrogen) atoms. The lowest BCUT2D eigenvalue weighted by Gasteiger charge is -2.14. The number of halogens is 1. The first-order valence-corrected chi connectivity index (χ1v) is 8.75. The molecule has 1 aromatic heterocycles. The Labute approximate surface area is 125 Å². The fourth-order valence-corrected chi connectivity index (χ4v) is 4.05. The third kappa shape index (κ3) is 3.06. The van der Waals surface area contributed by atoms with Crippen molar-refractivity contribution in [3.8, 4) is 0 Å². The number of para-hydroxylation sites is 1. The van der Waals surface area contributed by atoms with Crippen LogP contribution in [0.25, 0.3) is 10.2 Å². The summed E-state index contributed by atoms with van der Waals surface area (Å²) in [6.45, 7) is 0.299. The van der Waals surface area contributed by atoms with Crippen molar-refractivity contribution in [1.82, 2.24) is 9.88 Å². The summed E-state index contributed by atoms with van der Waals surface area (Å²) in [7, 11) is -4.65. The van der Waals surface area contributed by atoms with Crippen LogP contribution in [0.2, 0.25) is 0 Å². The van der Waals surface area contributed by atoms with Gasteiger partial charge in [-0.25, -0.2) is 4.98 Å². The van der Waals surface area contributed by atoms with Gasteiger partial charge in [-0.05, 0) is 12.1 Å². The molecule has 1 aromatic carbocycles. The molecule has 1 amide bonds. The Morgan fingerprint density at radius 2 is 2.14 bits per heavy atom. The zero-order valence-electron chi connectivity index (χ0n) is 11.0. The van der Waals surface area contributed by atoms with Crippen LogP contribution in [0.3, 0.4) is 0 Å². The van der Waals surface area contributed by atoms with Gasteiger partial charge in [0.05, 0.1) is 15.2 Å². The van der Waals surface area contributed by atoms with Crippen molar-refractivity contribution in [1.29, 1.82) is 0 Å². The van der Waals surface area contributed by atoms with Gasteiger partial charge in [0.1, 0.15) is 5.25 Å². The zero-order valence-corrected chi connectivity index (χ0v) is 12.7. The Hall–Kier alpha value is -1.54. The lowest BCUT2D eigenvalue weighted by Crippen LogP contribution is -2.29. The second kappa shape index (κ2) is 5.34. The molecule has 1 aliphatic heterocycles. The fourth-order valence-electron chi connectivity index (χ4n) is 2.40. The number of nitrogens with zero attached hydrogens (tertiary/aromatic N) is 2. The number of carbonyl (C=O) groups is 1. The minimum Gasteiger partial charge on any atom is -0.341 e. The number of amides is 1. The van der Waals surface area contributed by atoms with Gasteiger partial charge >= 0.3 is 10.2 Å². The summed E-state index contributed by atoms with van der Waals surface area (Å²) in [6, 6.07) is 7.74. The molecule has 1 fully saturated rings. The molecule has 1 atom stereocenters. The van der Waals surface area contributed by atoms with Crippen LogP contribution in [0.5, 0.6) is 0 Å². The highest BCUT2D eigenvalue weighted by molar-refractivity contribution is 7.87. The Balaban J connectivity index is 1.66. The van der Waals surface area contributed by atoms with E-state index in [1.165, 1.54) is 4.90 Å². The van der Waals surface area contributed by atoms with Crippen molar-refractivity contribution in [3.05, 3.63) is 29.3 Å². The number of rotatable bonds is 4. The number of hydrogen-bond donors (Lipinski definition) is 0. The van der Waals surface area contributed by atoms with Crippen LogP contribution in [0.15, 0.2) is 24.3 Å². The highest BCUT2D eigenvalue weighted by atomic mass is 32.3. The van der Waals surface area contributed by atoms with Gasteiger partial charge < -0.3 is 4.90 Å². The Bertz CT molecular complexity index is 755. The van der Waals surface area contributed by atoms with Gasteiger partial charge in [0.2, 0.25) is 5.91 Å². The fraction of sp³-hybridized carbons (Fsp3) is 0.385. The lowest BCUT2D eigenvalue weighted by atomic mass is 10.3. The maximum absolute atomic E-state index is 12.9. The van der Waals surface area contributed by atoms with Crippen LogP contribution in [-0.4, -0.2) is 42.5 Å². The zero-order chi connectivity index (χ0) is 15.0. The summed E-state index contributed by atoms with van der Waals surface area (Å²) in [4.78, 5) is 17.6. The smallest absolute Gasteiger partial charge is 0.307 e. The first kappa shape index (κ1) is 14.4. The number of benzene rings is 1. The average Bonchev–Trinajstić information content (AvgIpc) is 2.98. The van der Waals surface area contributed by atoms with Crippen molar-refractivity contribution < 1.29 is 17.1 Å². The van der Waals surface area contributed by atoms with E-state index in [0.717, 1.165) is 15.2 Å². The summed E-state index contributed by atoms with van der Waals surface area (Å²) >= 11 is 1.55. The summed E-state index contributed by atoms with van der Waals surface area (Å²) in [5.41, 5.74) is 0.912. The van der Waals surface area contributed by atoms with Crippen LogP contribution in [-0.2, 0) is 21.4 Å². The van der Waals surface area contributed by atoms with Crippen molar-refractivity contribution in [2.45, 2.75) is 18.1 Å². The summed E-state index contributed by atoms with van der Waals surface area (Å²) in [5.74, 6) is -0.317. The van der Waals surface area contributed by atoms with Crippen molar-refractivity contribution in [3.63, 3.8) is 0 Å². The van der Waals surface area contributed by atoms with E-state index in [1.54, 1.807) is 11.3 Å². The van der Waals surface area contributed by atoms with Gasteiger partial charge in [-0.1, -0.05) is 12.1 Å². The van der Waals surface area contributed by atoms with E-state index in [0.29, 0.717) is 13.0 Å². The van der Waals surface area contributed by atoms with Gasteiger partial charge in [0.15, 0.2) is 0 Å². The molecule has 1 unspecified atom stereocenters. The van der Waals surface area contributed by atoms with Crippen LogP contribution in [0, 0.1) is 0 Å². The molecular formula is C13H13FN2O3S2. The number of aromatic nitrogens is 1.